The van der Waals surface area contributed by atoms with Crippen LogP contribution in [-0.4, -0.2) is 46.2 Å². The third kappa shape index (κ3) is 7.69. The molecular formula is C16H27NO5Si. The summed E-state index contributed by atoms with van der Waals surface area (Å²) in [5, 5.41) is 0. The Kier molecular flexibility index (Phi) is 9.70. The first-order chi connectivity index (χ1) is 11.2. The number of carbonyl (C=O) groups is 1. The third-order valence-electron chi connectivity index (χ3n) is 3.08. The van der Waals surface area contributed by atoms with E-state index in [2.05, 4.69) is 4.98 Å². The maximum absolute atomic E-state index is 11.8. The van der Waals surface area contributed by atoms with Gasteiger partial charge >= 0.3 is 14.8 Å². The first kappa shape index (κ1) is 19.8. The minimum Gasteiger partial charge on any atom is -0.465 e. The Morgan fingerprint density at radius 2 is 1.61 bits per heavy atom. The van der Waals surface area contributed by atoms with Gasteiger partial charge in [0.05, 0.1) is 13.0 Å². The van der Waals surface area contributed by atoms with Crippen LogP contribution in [0.4, 0.5) is 0 Å². The second-order valence-corrected chi connectivity index (χ2v) is 7.57. The highest BCUT2D eigenvalue weighted by atomic mass is 28.4. The summed E-state index contributed by atoms with van der Waals surface area (Å²) >= 11 is 0. The lowest BCUT2D eigenvalue weighted by molar-refractivity contribution is -0.142. The number of carbonyl (C=O) groups excluding carboxylic acids is 1. The molecule has 0 fully saturated rings. The number of ether oxygens (including phenoxy) is 1. The lowest BCUT2D eigenvalue weighted by Gasteiger charge is -2.28. The van der Waals surface area contributed by atoms with E-state index in [0.29, 0.717) is 38.9 Å². The standard InChI is InChI=1S/C16H27NO5Si/c1-4-20-23(21-5-2,22-6-3)13-7-12-19-16(18)14-15-8-10-17-11-9-15/h8-11H,4-7,12-14H2,1-3H3. The van der Waals surface area contributed by atoms with Crippen LogP contribution in [0.25, 0.3) is 0 Å². The monoisotopic (exact) mass is 341 g/mol. The van der Waals surface area contributed by atoms with Crippen LogP contribution in [0, 0.1) is 0 Å². The summed E-state index contributed by atoms with van der Waals surface area (Å²) in [7, 11) is -2.64. The van der Waals surface area contributed by atoms with Gasteiger partial charge in [-0.1, -0.05) is 0 Å². The average Bonchev–Trinajstić information content (AvgIpc) is 2.53. The van der Waals surface area contributed by atoms with Gasteiger partial charge in [-0.3, -0.25) is 9.78 Å². The van der Waals surface area contributed by atoms with Gasteiger partial charge < -0.3 is 18.0 Å². The summed E-state index contributed by atoms with van der Waals surface area (Å²) in [5.74, 6) is -0.243. The van der Waals surface area contributed by atoms with Gasteiger partial charge in [0.25, 0.3) is 0 Å². The van der Waals surface area contributed by atoms with Gasteiger partial charge in [0.2, 0.25) is 0 Å². The number of esters is 1. The van der Waals surface area contributed by atoms with E-state index in [1.165, 1.54) is 0 Å². The number of hydrogen-bond acceptors (Lipinski definition) is 6. The highest BCUT2D eigenvalue weighted by Gasteiger charge is 2.39. The van der Waals surface area contributed by atoms with E-state index in [1.807, 2.05) is 20.8 Å². The molecule has 0 N–H and O–H groups in total. The van der Waals surface area contributed by atoms with Crippen LogP contribution >= 0.6 is 0 Å². The van der Waals surface area contributed by atoms with Gasteiger partial charge in [0, 0.05) is 38.3 Å². The third-order valence-corrected chi connectivity index (χ3v) is 6.23. The van der Waals surface area contributed by atoms with Gasteiger partial charge in [-0.25, -0.2) is 0 Å². The fourth-order valence-electron chi connectivity index (χ4n) is 2.19. The van der Waals surface area contributed by atoms with Crippen LogP contribution in [-0.2, 0) is 29.2 Å². The van der Waals surface area contributed by atoms with Crippen molar-refractivity contribution in [1.29, 1.82) is 0 Å². The molecule has 6 nitrogen and oxygen atoms in total. The van der Waals surface area contributed by atoms with E-state index >= 15 is 0 Å². The Bertz CT molecular complexity index is 426. The van der Waals surface area contributed by atoms with Crippen molar-refractivity contribution in [2.24, 2.45) is 0 Å². The molecule has 0 spiro atoms. The van der Waals surface area contributed by atoms with E-state index in [9.17, 15) is 4.79 Å². The summed E-state index contributed by atoms with van der Waals surface area (Å²) in [6.45, 7) is 7.76. The molecule has 0 aliphatic heterocycles. The zero-order valence-electron chi connectivity index (χ0n) is 14.2. The minimum absolute atomic E-state index is 0.243. The Morgan fingerprint density at radius 1 is 1.04 bits per heavy atom. The zero-order chi connectivity index (χ0) is 17.0. The largest absolute Gasteiger partial charge is 0.501 e. The fourth-order valence-corrected chi connectivity index (χ4v) is 4.77. The van der Waals surface area contributed by atoms with E-state index in [-0.39, 0.29) is 12.4 Å². The fraction of sp³-hybridized carbons (Fsp3) is 0.625. The molecule has 0 aromatic carbocycles. The van der Waals surface area contributed by atoms with E-state index in [4.69, 9.17) is 18.0 Å². The van der Waals surface area contributed by atoms with Gasteiger partial charge in [-0.15, -0.1) is 0 Å². The number of rotatable bonds is 12. The summed E-state index contributed by atoms with van der Waals surface area (Å²) in [6.07, 6.45) is 4.24. The van der Waals surface area contributed by atoms with Crippen LogP contribution in [0.15, 0.2) is 24.5 Å². The number of hydrogen-bond donors (Lipinski definition) is 0. The van der Waals surface area contributed by atoms with Crippen molar-refractivity contribution in [2.75, 3.05) is 26.4 Å². The molecule has 0 bridgehead atoms. The molecule has 23 heavy (non-hydrogen) atoms. The van der Waals surface area contributed by atoms with Crippen LogP contribution in [0.2, 0.25) is 6.04 Å². The van der Waals surface area contributed by atoms with Crippen LogP contribution in [0.5, 0.6) is 0 Å². The van der Waals surface area contributed by atoms with E-state index in [0.717, 1.165) is 5.56 Å². The quantitative estimate of drug-likeness (QED) is 0.331. The maximum atomic E-state index is 11.8. The zero-order valence-corrected chi connectivity index (χ0v) is 15.2. The normalized spacial score (nSPS) is 11.4. The molecule has 1 rings (SSSR count). The lowest BCUT2D eigenvalue weighted by Crippen LogP contribution is -2.46. The van der Waals surface area contributed by atoms with Gasteiger partial charge in [0.15, 0.2) is 0 Å². The molecular weight excluding hydrogens is 314 g/mol. The van der Waals surface area contributed by atoms with Crippen molar-refractivity contribution in [3.05, 3.63) is 30.1 Å². The highest BCUT2D eigenvalue weighted by Crippen LogP contribution is 2.18. The predicted molar refractivity (Wildman–Crippen MR) is 89.0 cm³/mol. The molecule has 0 amide bonds. The molecule has 130 valence electrons. The molecule has 0 atom stereocenters. The van der Waals surface area contributed by atoms with Crippen LogP contribution in [0.3, 0.4) is 0 Å². The minimum atomic E-state index is -2.64. The molecule has 0 saturated carbocycles. The van der Waals surface area contributed by atoms with Gasteiger partial charge in [-0.2, -0.15) is 0 Å². The van der Waals surface area contributed by atoms with Crippen molar-refractivity contribution >= 4 is 14.8 Å². The van der Waals surface area contributed by atoms with Crippen molar-refractivity contribution < 1.29 is 22.8 Å². The summed E-state index contributed by atoms with van der Waals surface area (Å²) in [5.41, 5.74) is 0.895. The molecule has 1 aromatic rings. The average molecular weight is 341 g/mol. The van der Waals surface area contributed by atoms with Crippen molar-refractivity contribution in [1.82, 2.24) is 4.98 Å². The summed E-state index contributed by atoms with van der Waals surface area (Å²) in [4.78, 5) is 15.7. The molecule has 1 heterocycles. The number of aromatic nitrogens is 1. The maximum Gasteiger partial charge on any atom is 0.501 e. The number of nitrogens with zero attached hydrogens (tertiary/aromatic N) is 1. The smallest absolute Gasteiger partial charge is 0.465 e. The Labute approximate surface area is 139 Å². The highest BCUT2D eigenvalue weighted by molar-refractivity contribution is 6.60. The van der Waals surface area contributed by atoms with Crippen LogP contribution < -0.4 is 0 Å². The van der Waals surface area contributed by atoms with E-state index < -0.39 is 8.80 Å². The van der Waals surface area contributed by atoms with Gasteiger partial charge in [-0.05, 0) is 44.9 Å². The second-order valence-electron chi connectivity index (χ2n) is 4.84. The summed E-state index contributed by atoms with van der Waals surface area (Å²) < 4.78 is 22.6. The molecule has 7 heteroatoms. The topological polar surface area (TPSA) is 66.9 Å². The Balaban J connectivity index is 2.36. The van der Waals surface area contributed by atoms with Gasteiger partial charge in [0.1, 0.15) is 0 Å². The first-order valence-corrected chi connectivity index (χ1v) is 10.0. The van der Waals surface area contributed by atoms with E-state index in [1.54, 1.807) is 24.5 Å². The molecule has 0 radical (unpaired) electrons. The summed E-state index contributed by atoms with van der Waals surface area (Å²) in [6, 6.07) is 4.25. The predicted octanol–water partition coefficient (Wildman–Crippen LogP) is 2.61. The number of pyridine rings is 1. The Hall–Kier alpha value is -1.28. The molecule has 0 aliphatic carbocycles. The SMILES string of the molecule is CCO[Si](CCCOC(=O)Cc1ccncc1)(OCC)OCC. The molecule has 0 unspecified atom stereocenters. The van der Waals surface area contributed by atoms with Crippen molar-refractivity contribution in [2.45, 2.75) is 39.7 Å². The first-order valence-electron chi connectivity index (χ1n) is 8.12. The second kappa shape index (κ2) is 11.3. The molecule has 0 aliphatic rings. The Morgan fingerprint density at radius 3 is 2.13 bits per heavy atom. The lowest BCUT2D eigenvalue weighted by atomic mass is 10.2. The van der Waals surface area contributed by atoms with Crippen molar-refractivity contribution in [3.63, 3.8) is 0 Å². The van der Waals surface area contributed by atoms with Crippen LogP contribution in [0.1, 0.15) is 32.8 Å². The molecule has 1 aromatic heterocycles. The van der Waals surface area contributed by atoms with Crippen molar-refractivity contribution in [3.8, 4) is 0 Å². The molecule has 0 saturated heterocycles.